The van der Waals surface area contributed by atoms with Crippen LogP contribution in [0.3, 0.4) is 0 Å². The fraction of sp³-hybridized carbons (Fsp3) is 0.300. The second-order valence-corrected chi connectivity index (χ2v) is 6.68. The maximum Gasteiger partial charge on any atom is 0.328 e. The van der Waals surface area contributed by atoms with Crippen LogP contribution in [0.5, 0.6) is 5.75 Å². The minimum absolute atomic E-state index is 0.0633. The molecule has 2 aromatic carbocycles. The van der Waals surface area contributed by atoms with Crippen molar-refractivity contribution in [1.29, 1.82) is 0 Å². The summed E-state index contributed by atoms with van der Waals surface area (Å²) in [5, 5.41) is 19.2. The van der Waals surface area contributed by atoms with Crippen LogP contribution in [-0.2, 0) is 11.2 Å². The lowest BCUT2D eigenvalue weighted by Crippen LogP contribution is -2.27. The fourth-order valence-electron chi connectivity index (χ4n) is 2.61. The molecule has 0 saturated carbocycles. The van der Waals surface area contributed by atoms with Crippen molar-refractivity contribution in [2.45, 2.75) is 12.5 Å². The van der Waals surface area contributed by atoms with Crippen molar-refractivity contribution in [3.8, 4) is 5.75 Å². The first-order chi connectivity index (χ1) is 13.0. The number of carbonyl (C=O) groups is 1. The predicted octanol–water partition coefficient (Wildman–Crippen LogP) is 3.79. The number of aliphatic carboxylic acids is 1. The molecule has 7 heteroatoms. The molecule has 0 amide bonds. The monoisotopic (exact) mass is 408 g/mol. The Hall–Kier alpha value is -2.24. The van der Waals surface area contributed by atoms with Crippen LogP contribution >= 0.6 is 23.2 Å². The van der Waals surface area contributed by atoms with Gasteiger partial charge in [-0.15, -0.1) is 23.2 Å². The summed E-state index contributed by atoms with van der Waals surface area (Å²) >= 11 is 11.7. The average Bonchev–Trinajstić information content (AvgIpc) is 2.66. The summed E-state index contributed by atoms with van der Waals surface area (Å²) in [4.78, 5) is 17.8. The van der Waals surface area contributed by atoms with E-state index in [-0.39, 0.29) is 12.2 Å². The summed E-state index contributed by atoms with van der Waals surface area (Å²) in [6, 6.07) is 13.4. The molecule has 0 unspecified atom stereocenters. The summed E-state index contributed by atoms with van der Waals surface area (Å²) in [7, 11) is 0. The number of aliphatic imine (C=N–C) groups is 1. The van der Waals surface area contributed by atoms with Crippen molar-refractivity contribution in [3.63, 3.8) is 0 Å². The Kier molecular flexibility index (Phi) is 8.43. The van der Waals surface area contributed by atoms with Gasteiger partial charge in [0.1, 0.15) is 5.75 Å². The molecule has 2 aromatic rings. The topological polar surface area (TPSA) is 73.1 Å². The van der Waals surface area contributed by atoms with Gasteiger partial charge in [0.2, 0.25) is 0 Å². The Morgan fingerprint density at radius 2 is 1.70 bits per heavy atom. The molecule has 0 aliphatic heterocycles. The summed E-state index contributed by atoms with van der Waals surface area (Å²) in [5.41, 5.74) is 2.33. The molecule has 0 fully saturated rings. The van der Waals surface area contributed by atoms with Crippen molar-refractivity contribution in [3.05, 3.63) is 59.7 Å². The zero-order valence-corrected chi connectivity index (χ0v) is 16.3. The standard InChI is InChI=1S/C20H22Cl2N2O3/c21-9-11-24(12-10-22)17-7-5-15(6-8-17)13-18(20(26)27)23-14-16-3-1-2-4-19(16)25/h1-8,14,18,25H,9-13H2,(H,26,27)/t18-/m1/s1. The highest BCUT2D eigenvalue weighted by Crippen LogP contribution is 2.18. The molecule has 0 aliphatic carbocycles. The lowest BCUT2D eigenvalue weighted by Gasteiger charge is -2.23. The lowest BCUT2D eigenvalue weighted by atomic mass is 10.1. The fourth-order valence-corrected chi connectivity index (χ4v) is 3.02. The van der Waals surface area contributed by atoms with Crippen LogP contribution in [0.4, 0.5) is 5.69 Å². The number of carboxylic acids is 1. The molecule has 2 N–H and O–H groups in total. The maximum absolute atomic E-state index is 11.5. The highest BCUT2D eigenvalue weighted by atomic mass is 35.5. The Morgan fingerprint density at radius 3 is 2.26 bits per heavy atom. The van der Waals surface area contributed by atoms with Crippen LogP contribution in [0.2, 0.25) is 0 Å². The molecule has 2 rings (SSSR count). The number of anilines is 1. The number of carboxylic acid groups (broad SMARTS) is 1. The first-order valence-corrected chi connectivity index (χ1v) is 9.62. The van der Waals surface area contributed by atoms with Gasteiger partial charge in [0.15, 0.2) is 6.04 Å². The molecule has 1 atom stereocenters. The third-order valence-corrected chi connectivity index (χ3v) is 4.39. The zero-order chi connectivity index (χ0) is 19.6. The summed E-state index contributed by atoms with van der Waals surface area (Å²) in [6.45, 7) is 1.38. The van der Waals surface area contributed by atoms with E-state index in [1.807, 2.05) is 24.3 Å². The highest BCUT2D eigenvalue weighted by Gasteiger charge is 2.16. The third kappa shape index (κ3) is 6.45. The number of hydrogen-bond acceptors (Lipinski definition) is 4. The summed E-state index contributed by atoms with van der Waals surface area (Å²) < 4.78 is 0. The number of hydrogen-bond donors (Lipinski definition) is 2. The lowest BCUT2D eigenvalue weighted by molar-refractivity contribution is -0.138. The molecular formula is C20H22Cl2N2O3. The van der Waals surface area contributed by atoms with Gasteiger partial charge in [0.25, 0.3) is 0 Å². The Bertz CT molecular complexity index is 760. The van der Waals surface area contributed by atoms with Gasteiger partial charge in [-0.05, 0) is 29.8 Å². The number of benzene rings is 2. The van der Waals surface area contributed by atoms with Crippen LogP contribution in [0, 0.1) is 0 Å². The van der Waals surface area contributed by atoms with Crippen molar-refractivity contribution < 1.29 is 15.0 Å². The zero-order valence-electron chi connectivity index (χ0n) is 14.8. The van der Waals surface area contributed by atoms with Gasteiger partial charge in [-0.3, -0.25) is 4.99 Å². The molecular weight excluding hydrogens is 387 g/mol. The quantitative estimate of drug-likeness (QED) is 0.463. The molecule has 0 spiro atoms. The van der Waals surface area contributed by atoms with Crippen molar-refractivity contribution in [2.75, 3.05) is 29.7 Å². The number of phenolic OH excluding ortho intramolecular Hbond substituents is 1. The largest absolute Gasteiger partial charge is 0.507 e. The average molecular weight is 409 g/mol. The molecule has 27 heavy (non-hydrogen) atoms. The van der Waals surface area contributed by atoms with Crippen LogP contribution in [0.15, 0.2) is 53.5 Å². The number of rotatable bonds is 10. The van der Waals surface area contributed by atoms with Gasteiger partial charge >= 0.3 is 5.97 Å². The van der Waals surface area contributed by atoms with E-state index in [1.54, 1.807) is 18.2 Å². The van der Waals surface area contributed by atoms with Gasteiger partial charge in [0, 0.05) is 48.7 Å². The van der Waals surface area contributed by atoms with Gasteiger partial charge in [-0.25, -0.2) is 4.79 Å². The van der Waals surface area contributed by atoms with Gasteiger partial charge in [-0.2, -0.15) is 0 Å². The Labute approximate surface area is 168 Å². The number of alkyl halides is 2. The van der Waals surface area contributed by atoms with E-state index in [1.165, 1.54) is 12.3 Å². The van der Waals surface area contributed by atoms with Crippen molar-refractivity contribution in [2.24, 2.45) is 4.99 Å². The molecule has 0 aromatic heterocycles. The number of para-hydroxylation sites is 1. The van der Waals surface area contributed by atoms with Gasteiger partial charge in [-0.1, -0.05) is 24.3 Å². The molecule has 0 heterocycles. The SMILES string of the molecule is O=C(O)[C@@H](Cc1ccc(N(CCCl)CCCl)cc1)N=Cc1ccccc1O. The minimum Gasteiger partial charge on any atom is -0.507 e. The summed E-state index contributed by atoms with van der Waals surface area (Å²) in [6.07, 6.45) is 1.65. The third-order valence-electron chi connectivity index (χ3n) is 4.05. The first kappa shape index (κ1) is 21.1. The number of phenols is 1. The van der Waals surface area contributed by atoms with Crippen molar-refractivity contribution in [1.82, 2.24) is 0 Å². The summed E-state index contributed by atoms with van der Waals surface area (Å²) in [5.74, 6) is 0.0479. The highest BCUT2D eigenvalue weighted by molar-refractivity contribution is 6.18. The van der Waals surface area contributed by atoms with Crippen LogP contribution in [0.1, 0.15) is 11.1 Å². The number of nitrogens with zero attached hydrogens (tertiary/aromatic N) is 2. The second-order valence-electron chi connectivity index (χ2n) is 5.93. The molecule has 0 bridgehead atoms. The number of halogens is 2. The van der Waals surface area contributed by atoms with E-state index >= 15 is 0 Å². The Balaban J connectivity index is 2.10. The van der Waals surface area contributed by atoms with Gasteiger partial charge in [0.05, 0.1) is 0 Å². The van der Waals surface area contributed by atoms with E-state index in [2.05, 4.69) is 9.89 Å². The van der Waals surface area contributed by atoms with Crippen molar-refractivity contribution >= 4 is 41.1 Å². The molecule has 0 aliphatic rings. The van der Waals surface area contributed by atoms with Crippen LogP contribution in [0.25, 0.3) is 0 Å². The smallest absolute Gasteiger partial charge is 0.328 e. The van der Waals surface area contributed by atoms with E-state index < -0.39 is 12.0 Å². The molecule has 0 saturated heterocycles. The normalized spacial score (nSPS) is 12.2. The second kappa shape index (κ2) is 10.8. The van der Waals surface area contributed by atoms with E-state index in [9.17, 15) is 15.0 Å². The Morgan fingerprint density at radius 1 is 1.07 bits per heavy atom. The van der Waals surface area contributed by atoms with Crippen LogP contribution in [-0.4, -0.2) is 53.3 Å². The molecule has 5 nitrogen and oxygen atoms in total. The maximum atomic E-state index is 11.5. The molecule has 0 radical (unpaired) electrons. The number of aromatic hydroxyl groups is 1. The first-order valence-electron chi connectivity index (χ1n) is 8.55. The van der Waals surface area contributed by atoms with Gasteiger partial charge < -0.3 is 15.1 Å². The van der Waals surface area contributed by atoms with E-state index in [4.69, 9.17) is 23.2 Å². The van der Waals surface area contributed by atoms with E-state index in [0.717, 1.165) is 11.3 Å². The predicted molar refractivity (Wildman–Crippen MR) is 111 cm³/mol. The molecule has 144 valence electrons. The van der Waals surface area contributed by atoms with Crippen LogP contribution < -0.4 is 4.90 Å². The van der Waals surface area contributed by atoms with E-state index in [0.29, 0.717) is 30.4 Å². The minimum atomic E-state index is -1.02.